The first-order valence-corrected chi connectivity index (χ1v) is 12.8. The van der Waals surface area contributed by atoms with Gasteiger partial charge >= 0.3 is 0 Å². The van der Waals surface area contributed by atoms with Gasteiger partial charge in [0.1, 0.15) is 17.6 Å². The number of rotatable bonds is 10. The van der Waals surface area contributed by atoms with E-state index in [1.165, 1.54) is 36.5 Å². The highest BCUT2D eigenvalue weighted by molar-refractivity contribution is 7.89. The average Bonchev–Trinajstić information content (AvgIpc) is 3.26. The Morgan fingerprint density at radius 1 is 1.17 bits per heavy atom. The minimum Gasteiger partial charge on any atom is -0.455 e. The molecule has 0 radical (unpaired) electrons. The molecular formula is C24H25ClN4O6S. The molecule has 0 aliphatic rings. The molecule has 36 heavy (non-hydrogen) atoms. The molecular weight excluding hydrogens is 508 g/mol. The maximum absolute atomic E-state index is 12.8. The van der Waals surface area contributed by atoms with Crippen molar-refractivity contribution < 1.29 is 22.6 Å². The van der Waals surface area contributed by atoms with Crippen LogP contribution in [-0.2, 0) is 14.8 Å². The molecule has 0 aliphatic heterocycles. The number of amides is 1. The van der Waals surface area contributed by atoms with Crippen molar-refractivity contribution in [1.82, 2.24) is 10.1 Å². The number of hydrazone groups is 1. The van der Waals surface area contributed by atoms with E-state index in [1.807, 2.05) is 20.8 Å². The Kier molecular flexibility index (Phi) is 8.62. The molecule has 0 aliphatic carbocycles. The number of sulfonamides is 1. The van der Waals surface area contributed by atoms with Gasteiger partial charge in [-0.3, -0.25) is 14.9 Å². The van der Waals surface area contributed by atoms with Gasteiger partial charge in [-0.1, -0.05) is 43.1 Å². The third kappa shape index (κ3) is 7.00. The fourth-order valence-corrected chi connectivity index (χ4v) is 4.75. The first-order chi connectivity index (χ1) is 17.0. The van der Waals surface area contributed by atoms with Gasteiger partial charge in [0.25, 0.3) is 11.6 Å². The molecule has 0 unspecified atom stereocenters. The zero-order valence-electron chi connectivity index (χ0n) is 19.8. The van der Waals surface area contributed by atoms with Crippen molar-refractivity contribution in [3.05, 3.63) is 81.1 Å². The van der Waals surface area contributed by atoms with E-state index < -0.39 is 26.9 Å². The lowest BCUT2D eigenvalue weighted by Gasteiger charge is -2.19. The van der Waals surface area contributed by atoms with Crippen LogP contribution >= 0.6 is 11.6 Å². The zero-order valence-corrected chi connectivity index (χ0v) is 21.3. The molecule has 1 aromatic heterocycles. The summed E-state index contributed by atoms with van der Waals surface area (Å²) in [5.41, 5.74) is 3.56. The van der Waals surface area contributed by atoms with Crippen LogP contribution in [0.5, 0.6) is 0 Å². The molecule has 12 heteroatoms. The molecule has 3 aromatic rings. The van der Waals surface area contributed by atoms with E-state index in [1.54, 1.807) is 24.3 Å². The normalized spacial score (nSPS) is 12.7. The summed E-state index contributed by atoms with van der Waals surface area (Å²) in [5, 5.41) is 14.9. The number of hydrogen-bond acceptors (Lipinski definition) is 7. The Hall–Kier alpha value is -3.54. The zero-order chi connectivity index (χ0) is 26.5. The lowest BCUT2D eigenvalue weighted by atomic mass is 10.0. The Balaban J connectivity index is 1.69. The van der Waals surface area contributed by atoms with Crippen LogP contribution in [0.3, 0.4) is 0 Å². The topological polar surface area (TPSA) is 144 Å². The summed E-state index contributed by atoms with van der Waals surface area (Å²) >= 11 is 6.13. The number of carbonyl (C=O) groups excluding carboxylic acids is 1. The molecule has 10 nitrogen and oxygen atoms in total. The van der Waals surface area contributed by atoms with Crippen LogP contribution in [0.25, 0.3) is 11.3 Å². The number of aryl methyl sites for hydroxylation is 1. The van der Waals surface area contributed by atoms with Gasteiger partial charge in [0.15, 0.2) is 0 Å². The van der Waals surface area contributed by atoms with Gasteiger partial charge in [0, 0.05) is 17.7 Å². The summed E-state index contributed by atoms with van der Waals surface area (Å²) in [4.78, 5) is 23.1. The number of nitro groups is 1. The summed E-state index contributed by atoms with van der Waals surface area (Å²) in [6.45, 7) is 5.59. The minimum absolute atomic E-state index is 0.0320. The van der Waals surface area contributed by atoms with Gasteiger partial charge in [-0.15, -0.1) is 0 Å². The lowest BCUT2D eigenvalue weighted by Crippen LogP contribution is -2.46. The van der Waals surface area contributed by atoms with Gasteiger partial charge < -0.3 is 4.42 Å². The van der Waals surface area contributed by atoms with Crippen molar-refractivity contribution in [3.63, 3.8) is 0 Å². The van der Waals surface area contributed by atoms with E-state index in [0.717, 1.165) is 5.56 Å². The smallest absolute Gasteiger partial charge is 0.270 e. The second-order valence-electron chi connectivity index (χ2n) is 8.47. The number of halogens is 1. The van der Waals surface area contributed by atoms with E-state index in [2.05, 4.69) is 15.2 Å². The molecule has 2 N–H and O–H groups in total. The van der Waals surface area contributed by atoms with Gasteiger partial charge in [0.2, 0.25) is 10.0 Å². The van der Waals surface area contributed by atoms with Crippen LogP contribution in [0.4, 0.5) is 5.69 Å². The molecule has 0 saturated heterocycles. The highest BCUT2D eigenvalue weighted by atomic mass is 35.5. The van der Waals surface area contributed by atoms with Crippen LogP contribution < -0.4 is 10.1 Å². The molecule has 3 rings (SSSR count). The van der Waals surface area contributed by atoms with E-state index >= 15 is 0 Å². The summed E-state index contributed by atoms with van der Waals surface area (Å²) in [6, 6.07) is 12.5. The molecule has 1 amide bonds. The molecule has 1 heterocycles. The maximum Gasteiger partial charge on any atom is 0.270 e. The second-order valence-corrected chi connectivity index (χ2v) is 10.6. The maximum atomic E-state index is 12.8. The van der Waals surface area contributed by atoms with Gasteiger partial charge in [-0.25, -0.2) is 13.8 Å². The first kappa shape index (κ1) is 27.1. The standard InChI is InChI=1S/C24H25ClN4O6S/c1-15(2)12-22(28-36(33,34)19-8-4-16(3)5-9-19)24(30)27-26-14-18-7-11-23(35-18)20-10-6-17(29(31)32)13-21(20)25/h4-11,13-15,22,28H,12H2,1-3H3,(H,27,30)/b26-14-/t22-/m1/s1. The predicted octanol–water partition coefficient (Wildman–Crippen LogP) is 4.66. The van der Waals surface area contributed by atoms with Gasteiger partial charge in [0.05, 0.1) is 21.1 Å². The Labute approximate surface area is 213 Å². The van der Waals surface area contributed by atoms with Crippen LogP contribution in [0.2, 0.25) is 5.02 Å². The second kappa shape index (κ2) is 11.5. The van der Waals surface area contributed by atoms with Gasteiger partial charge in [-0.05, 0) is 49.6 Å². The molecule has 0 saturated carbocycles. The molecule has 190 valence electrons. The predicted molar refractivity (Wildman–Crippen MR) is 136 cm³/mol. The summed E-state index contributed by atoms with van der Waals surface area (Å²) in [6.07, 6.45) is 1.51. The van der Waals surface area contributed by atoms with Crippen LogP contribution in [0, 0.1) is 23.0 Å². The molecule has 1 atom stereocenters. The number of furan rings is 1. The fourth-order valence-electron chi connectivity index (χ4n) is 3.27. The summed E-state index contributed by atoms with van der Waals surface area (Å²) in [7, 11) is -3.92. The minimum atomic E-state index is -3.92. The van der Waals surface area contributed by atoms with Crippen LogP contribution in [0.15, 0.2) is 69.0 Å². The third-order valence-corrected chi connectivity index (χ3v) is 6.87. The van der Waals surface area contributed by atoms with Crippen molar-refractivity contribution in [2.75, 3.05) is 0 Å². The van der Waals surface area contributed by atoms with Crippen LogP contribution in [0.1, 0.15) is 31.6 Å². The quantitative estimate of drug-likeness (QED) is 0.221. The number of benzene rings is 2. The molecule has 0 fully saturated rings. The highest BCUT2D eigenvalue weighted by Crippen LogP contribution is 2.32. The Morgan fingerprint density at radius 2 is 1.86 bits per heavy atom. The number of carbonyl (C=O) groups is 1. The number of nitrogens with one attached hydrogen (secondary N) is 2. The monoisotopic (exact) mass is 532 g/mol. The number of nitro benzene ring substituents is 1. The molecule has 2 aromatic carbocycles. The van der Waals surface area contributed by atoms with E-state index in [4.69, 9.17) is 16.0 Å². The SMILES string of the molecule is Cc1ccc(S(=O)(=O)N[C@H](CC(C)C)C(=O)N/N=C\c2ccc(-c3ccc([N+](=O)[O-])cc3Cl)o2)cc1. The third-order valence-electron chi connectivity index (χ3n) is 5.07. The van der Waals surface area contributed by atoms with Crippen molar-refractivity contribution in [2.45, 2.75) is 38.1 Å². The number of nitrogens with zero attached hydrogens (tertiary/aromatic N) is 2. The number of non-ortho nitro benzene ring substituents is 1. The first-order valence-electron chi connectivity index (χ1n) is 10.9. The van der Waals surface area contributed by atoms with Crippen LogP contribution in [-0.4, -0.2) is 31.5 Å². The van der Waals surface area contributed by atoms with E-state index in [-0.39, 0.29) is 33.7 Å². The van der Waals surface area contributed by atoms with Crippen molar-refractivity contribution in [3.8, 4) is 11.3 Å². The van der Waals surface area contributed by atoms with Gasteiger partial charge in [-0.2, -0.15) is 9.82 Å². The van der Waals surface area contributed by atoms with E-state index in [9.17, 15) is 23.3 Å². The van der Waals surface area contributed by atoms with Crippen molar-refractivity contribution in [2.24, 2.45) is 11.0 Å². The Morgan fingerprint density at radius 3 is 2.47 bits per heavy atom. The molecule has 0 bridgehead atoms. The lowest BCUT2D eigenvalue weighted by molar-refractivity contribution is -0.384. The average molecular weight is 533 g/mol. The molecule has 0 spiro atoms. The largest absolute Gasteiger partial charge is 0.455 e. The Bertz CT molecular complexity index is 1380. The fraction of sp³-hybridized carbons (Fsp3) is 0.250. The highest BCUT2D eigenvalue weighted by Gasteiger charge is 2.26. The number of hydrogen-bond donors (Lipinski definition) is 2. The summed E-state index contributed by atoms with van der Waals surface area (Å²) in [5.74, 6) is 0.0388. The van der Waals surface area contributed by atoms with Crippen molar-refractivity contribution >= 4 is 39.4 Å². The van der Waals surface area contributed by atoms with Crippen molar-refractivity contribution in [1.29, 1.82) is 0 Å². The van der Waals surface area contributed by atoms with E-state index in [0.29, 0.717) is 11.3 Å². The summed E-state index contributed by atoms with van der Waals surface area (Å²) < 4.78 is 33.6.